The summed E-state index contributed by atoms with van der Waals surface area (Å²) < 4.78 is 18.3. The summed E-state index contributed by atoms with van der Waals surface area (Å²) in [7, 11) is 1.64. The van der Waals surface area contributed by atoms with Crippen LogP contribution < -0.4 is 15.0 Å². The number of hydrogen-bond donors (Lipinski definition) is 1. The van der Waals surface area contributed by atoms with Gasteiger partial charge in [-0.25, -0.2) is 9.37 Å². The predicted molar refractivity (Wildman–Crippen MR) is 122 cm³/mol. The van der Waals surface area contributed by atoms with Crippen molar-refractivity contribution >= 4 is 23.4 Å². The molecule has 7 nitrogen and oxygen atoms in total. The number of carbonyl (C=O) groups is 1. The number of aryl methyl sites for hydroxylation is 1. The average molecular weight is 436 g/mol. The molecule has 1 N–H and O–H groups in total. The van der Waals surface area contributed by atoms with Gasteiger partial charge in [-0.05, 0) is 48.9 Å². The van der Waals surface area contributed by atoms with Crippen LogP contribution >= 0.6 is 0 Å². The molecule has 0 aliphatic carbocycles. The fourth-order valence-corrected chi connectivity index (χ4v) is 3.63. The van der Waals surface area contributed by atoms with E-state index in [0.717, 1.165) is 22.7 Å². The molecule has 0 radical (unpaired) electrons. The topological polar surface area (TPSA) is 70.6 Å². The maximum Gasteiger partial charge on any atom is 0.227 e. The van der Waals surface area contributed by atoms with Crippen LogP contribution in [-0.4, -0.2) is 54.1 Å². The van der Waals surface area contributed by atoms with E-state index in [1.54, 1.807) is 19.2 Å². The van der Waals surface area contributed by atoms with Gasteiger partial charge in [0.2, 0.25) is 11.9 Å². The Kier molecular flexibility index (Phi) is 6.49. The SMILES string of the molecule is COc1ccc(Nc2cc(C)nc(N3CCN(C(=O)Cc4ccc(F)cc4)CC3)n2)cc1. The van der Waals surface area contributed by atoms with Crippen LogP contribution in [0, 0.1) is 12.7 Å². The Morgan fingerprint density at radius 3 is 2.38 bits per heavy atom. The molecule has 1 fully saturated rings. The number of nitrogens with zero attached hydrogens (tertiary/aromatic N) is 4. The third kappa shape index (κ3) is 5.32. The van der Waals surface area contributed by atoms with Gasteiger partial charge in [0.1, 0.15) is 17.4 Å². The van der Waals surface area contributed by atoms with Crippen molar-refractivity contribution in [3.05, 3.63) is 71.7 Å². The number of ether oxygens (including phenoxy) is 1. The second-order valence-corrected chi connectivity index (χ2v) is 7.72. The highest BCUT2D eigenvalue weighted by Crippen LogP contribution is 2.21. The highest BCUT2D eigenvalue weighted by atomic mass is 19.1. The predicted octanol–water partition coefficient (Wildman–Crippen LogP) is 3.57. The van der Waals surface area contributed by atoms with E-state index in [1.807, 2.05) is 42.2 Å². The third-order valence-corrected chi connectivity index (χ3v) is 5.39. The second kappa shape index (κ2) is 9.64. The number of amides is 1. The minimum absolute atomic E-state index is 0.0447. The monoisotopic (exact) mass is 435 g/mol. The molecule has 1 aliphatic rings. The van der Waals surface area contributed by atoms with Crippen LogP contribution in [0.25, 0.3) is 0 Å². The molecule has 2 heterocycles. The van der Waals surface area contributed by atoms with E-state index in [4.69, 9.17) is 4.74 Å². The number of anilines is 3. The average Bonchev–Trinajstić information content (AvgIpc) is 2.81. The maximum absolute atomic E-state index is 13.1. The lowest BCUT2D eigenvalue weighted by Crippen LogP contribution is -2.49. The zero-order valence-electron chi connectivity index (χ0n) is 18.2. The van der Waals surface area contributed by atoms with Crippen molar-refractivity contribution in [2.24, 2.45) is 0 Å². The number of hydrogen-bond acceptors (Lipinski definition) is 6. The van der Waals surface area contributed by atoms with Gasteiger partial charge in [-0.2, -0.15) is 4.98 Å². The Labute approximate surface area is 186 Å². The van der Waals surface area contributed by atoms with E-state index in [-0.39, 0.29) is 18.1 Å². The number of methoxy groups -OCH3 is 1. The number of aromatic nitrogens is 2. The molecule has 3 aromatic rings. The van der Waals surface area contributed by atoms with Gasteiger partial charge in [0.25, 0.3) is 0 Å². The van der Waals surface area contributed by atoms with Crippen LogP contribution in [0.5, 0.6) is 5.75 Å². The summed E-state index contributed by atoms with van der Waals surface area (Å²) in [5.41, 5.74) is 2.59. The Morgan fingerprint density at radius 1 is 1.03 bits per heavy atom. The molecule has 1 saturated heterocycles. The highest BCUT2D eigenvalue weighted by molar-refractivity contribution is 5.79. The van der Waals surface area contributed by atoms with E-state index in [9.17, 15) is 9.18 Å². The Balaban J connectivity index is 1.37. The maximum atomic E-state index is 13.1. The summed E-state index contributed by atoms with van der Waals surface area (Å²) in [5, 5.41) is 3.31. The lowest BCUT2D eigenvalue weighted by molar-refractivity contribution is -0.130. The van der Waals surface area contributed by atoms with Crippen LogP contribution in [0.2, 0.25) is 0 Å². The molecule has 166 valence electrons. The smallest absolute Gasteiger partial charge is 0.227 e. The van der Waals surface area contributed by atoms with E-state index in [1.165, 1.54) is 12.1 Å². The molecular weight excluding hydrogens is 409 g/mol. The summed E-state index contributed by atoms with van der Waals surface area (Å²) >= 11 is 0. The molecule has 32 heavy (non-hydrogen) atoms. The van der Waals surface area contributed by atoms with Crippen molar-refractivity contribution in [3.63, 3.8) is 0 Å². The summed E-state index contributed by atoms with van der Waals surface area (Å²) in [4.78, 5) is 25.8. The first kappa shape index (κ1) is 21.5. The molecule has 1 aliphatic heterocycles. The first-order valence-electron chi connectivity index (χ1n) is 10.5. The molecule has 0 atom stereocenters. The second-order valence-electron chi connectivity index (χ2n) is 7.72. The molecule has 0 bridgehead atoms. The van der Waals surface area contributed by atoms with Gasteiger partial charge in [-0.1, -0.05) is 12.1 Å². The van der Waals surface area contributed by atoms with Gasteiger partial charge in [0, 0.05) is 43.6 Å². The molecular formula is C24H26FN5O2. The van der Waals surface area contributed by atoms with E-state index >= 15 is 0 Å². The normalized spacial score (nSPS) is 13.7. The Bertz CT molecular complexity index is 1060. The van der Waals surface area contributed by atoms with Crippen LogP contribution in [0.1, 0.15) is 11.3 Å². The molecule has 4 rings (SSSR count). The lowest BCUT2D eigenvalue weighted by Gasteiger charge is -2.35. The molecule has 1 amide bonds. The zero-order chi connectivity index (χ0) is 22.5. The molecule has 2 aromatic carbocycles. The minimum Gasteiger partial charge on any atom is -0.497 e. The van der Waals surface area contributed by atoms with Gasteiger partial charge in [0.05, 0.1) is 13.5 Å². The third-order valence-electron chi connectivity index (χ3n) is 5.39. The Hall–Kier alpha value is -3.68. The number of halogens is 1. The van der Waals surface area contributed by atoms with Crippen molar-refractivity contribution in [1.82, 2.24) is 14.9 Å². The van der Waals surface area contributed by atoms with Crippen LogP contribution in [-0.2, 0) is 11.2 Å². The van der Waals surface area contributed by atoms with Crippen molar-refractivity contribution < 1.29 is 13.9 Å². The molecule has 0 spiro atoms. The minimum atomic E-state index is -0.297. The standard InChI is InChI=1S/C24H26FN5O2/c1-17-15-22(27-20-7-9-21(32-2)10-8-20)28-24(26-17)30-13-11-29(12-14-30)23(31)16-18-3-5-19(25)6-4-18/h3-10,15H,11-14,16H2,1-2H3,(H,26,27,28). The summed E-state index contributed by atoms with van der Waals surface area (Å²) in [6.07, 6.45) is 0.275. The van der Waals surface area contributed by atoms with Crippen LogP contribution in [0.4, 0.5) is 21.8 Å². The van der Waals surface area contributed by atoms with Crippen molar-refractivity contribution in [2.45, 2.75) is 13.3 Å². The van der Waals surface area contributed by atoms with E-state index in [0.29, 0.717) is 37.9 Å². The molecule has 1 aromatic heterocycles. The summed E-state index contributed by atoms with van der Waals surface area (Å²) in [6.45, 7) is 4.44. The van der Waals surface area contributed by atoms with E-state index < -0.39 is 0 Å². The fraction of sp³-hybridized carbons (Fsp3) is 0.292. The molecule has 8 heteroatoms. The number of carbonyl (C=O) groups excluding carboxylic acids is 1. The quantitative estimate of drug-likeness (QED) is 0.638. The van der Waals surface area contributed by atoms with Gasteiger partial charge in [-0.15, -0.1) is 0 Å². The first-order valence-corrected chi connectivity index (χ1v) is 10.5. The lowest BCUT2D eigenvalue weighted by atomic mass is 10.1. The van der Waals surface area contributed by atoms with Crippen molar-refractivity contribution in [3.8, 4) is 5.75 Å². The number of piperazine rings is 1. The van der Waals surface area contributed by atoms with Gasteiger partial charge in [-0.3, -0.25) is 4.79 Å². The summed E-state index contributed by atoms with van der Waals surface area (Å²) in [6, 6.07) is 15.6. The zero-order valence-corrected chi connectivity index (χ0v) is 18.2. The number of rotatable bonds is 6. The summed E-state index contributed by atoms with van der Waals surface area (Å²) in [5.74, 6) is 1.90. The molecule has 0 saturated carbocycles. The van der Waals surface area contributed by atoms with Crippen LogP contribution in [0.15, 0.2) is 54.6 Å². The van der Waals surface area contributed by atoms with Gasteiger partial charge >= 0.3 is 0 Å². The van der Waals surface area contributed by atoms with Crippen LogP contribution in [0.3, 0.4) is 0 Å². The number of benzene rings is 2. The van der Waals surface area contributed by atoms with E-state index in [2.05, 4.69) is 20.2 Å². The molecule has 0 unspecified atom stereocenters. The van der Waals surface area contributed by atoms with Crippen molar-refractivity contribution in [2.75, 3.05) is 43.5 Å². The number of nitrogens with one attached hydrogen (secondary N) is 1. The Morgan fingerprint density at radius 2 is 1.72 bits per heavy atom. The van der Waals surface area contributed by atoms with Gasteiger partial charge in [0.15, 0.2) is 0 Å². The fourth-order valence-electron chi connectivity index (χ4n) is 3.63. The largest absolute Gasteiger partial charge is 0.497 e. The van der Waals surface area contributed by atoms with Crippen molar-refractivity contribution in [1.29, 1.82) is 0 Å². The first-order chi connectivity index (χ1) is 15.5. The highest BCUT2D eigenvalue weighted by Gasteiger charge is 2.23. The van der Waals surface area contributed by atoms with Gasteiger partial charge < -0.3 is 19.9 Å².